The first-order valence-electron chi connectivity index (χ1n) is 7.83. The second-order valence-electron chi connectivity index (χ2n) is 5.88. The lowest BCUT2D eigenvalue weighted by atomic mass is 9.90. The van der Waals surface area contributed by atoms with Gasteiger partial charge in [-0.25, -0.2) is 0 Å². The van der Waals surface area contributed by atoms with Crippen molar-refractivity contribution < 1.29 is 9.47 Å². The monoisotopic (exact) mass is 331 g/mol. The molecule has 3 nitrogen and oxygen atoms in total. The Morgan fingerprint density at radius 1 is 1.04 bits per heavy atom. The maximum absolute atomic E-state index is 5.65. The van der Waals surface area contributed by atoms with E-state index in [9.17, 15) is 0 Å². The number of fused-ring (bicyclic) bond motifs is 1. The number of benzene rings is 2. The van der Waals surface area contributed by atoms with Crippen molar-refractivity contribution in [2.24, 2.45) is 0 Å². The third-order valence-electron chi connectivity index (χ3n) is 4.26. The van der Waals surface area contributed by atoms with E-state index in [1.165, 1.54) is 21.9 Å². The number of hydrogen-bond donors (Lipinski definition) is 1. The first-order valence-corrected chi connectivity index (χ1v) is 8.24. The van der Waals surface area contributed by atoms with Crippen LogP contribution in [-0.4, -0.2) is 31.5 Å². The lowest BCUT2D eigenvalue weighted by Gasteiger charge is -2.26. The number of rotatable bonds is 6. The predicted molar refractivity (Wildman–Crippen MR) is 100 cm³/mol. The molecule has 0 aliphatic carbocycles. The van der Waals surface area contributed by atoms with E-state index in [4.69, 9.17) is 21.7 Å². The molecule has 0 fully saturated rings. The van der Waals surface area contributed by atoms with Crippen LogP contribution in [0.2, 0.25) is 0 Å². The van der Waals surface area contributed by atoms with Gasteiger partial charge in [-0.05, 0) is 35.7 Å². The SMILES string of the molecule is COC(OC)C(C)NC(=S)C(C)c1c(C)ccc2ccccc12. The molecule has 1 N–H and O–H groups in total. The van der Waals surface area contributed by atoms with Crippen LogP contribution in [0, 0.1) is 6.92 Å². The average Bonchev–Trinajstić information content (AvgIpc) is 2.55. The van der Waals surface area contributed by atoms with E-state index in [-0.39, 0.29) is 18.2 Å². The number of thiocarbonyl (C=S) groups is 1. The molecule has 2 aromatic carbocycles. The summed E-state index contributed by atoms with van der Waals surface area (Å²) in [6.45, 7) is 6.29. The summed E-state index contributed by atoms with van der Waals surface area (Å²) < 4.78 is 10.6. The van der Waals surface area contributed by atoms with Crippen LogP contribution < -0.4 is 5.32 Å². The van der Waals surface area contributed by atoms with Crippen molar-refractivity contribution in [3.05, 3.63) is 47.5 Å². The molecule has 0 saturated carbocycles. The predicted octanol–water partition coefficient (Wildman–Crippen LogP) is 4.18. The topological polar surface area (TPSA) is 30.5 Å². The molecule has 0 aliphatic heterocycles. The minimum absolute atomic E-state index is 0.0183. The summed E-state index contributed by atoms with van der Waals surface area (Å²) in [7, 11) is 3.27. The van der Waals surface area contributed by atoms with Gasteiger partial charge in [0.1, 0.15) is 0 Å². The Hall–Kier alpha value is -1.49. The van der Waals surface area contributed by atoms with E-state index in [1.54, 1.807) is 14.2 Å². The summed E-state index contributed by atoms with van der Waals surface area (Å²) in [6, 6.07) is 12.7. The van der Waals surface area contributed by atoms with Gasteiger partial charge in [0, 0.05) is 20.1 Å². The van der Waals surface area contributed by atoms with Crippen LogP contribution >= 0.6 is 12.2 Å². The van der Waals surface area contributed by atoms with Gasteiger partial charge in [-0.1, -0.05) is 55.5 Å². The number of methoxy groups -OCH3 is 2. The van der Waals surface area contributed by atoms with Gasteiger partial charge in [-0.3, -0.25) is 0 Å². The third-order valence-corrected chi connectivity index (χ3v) is 4.73. The molecule has 0 aromatic heterocycles. The highest BCUT2D eigenvalue weighted by molar-refractivity contribution is 7.80. The van der Waals surface area contributed by atoms with Gasteiger partial charge in [-0.15, -0.1) is 0 Å². The van der Waals surface area contributed by atoms with Crippen molar-refractivity contribution in [2.45, 2.75) is 39.0 Å². The summed E-state index contributed by atoms with van der Waals surface area (Å²) >= 11 is 5.65. The zero-order valence-corrected chi connectivity index (χ0v) is 15.2. The Morgan fingerprint density at radius 2 is 1.70 bits per heavy atom. The van der Waals surface area contributed by atoms with E-state index < -0.39 is 0 Å². The molecule has 0 amide bonds. The quantitative estimate of drug-likeness (QED) is 0.635. The van der Waals surface area contributed by atoms with Crippen LogP contribution in [-0.2, 0) is 9.47 Å². The molecule has 4 heteroatoms. The maximum atomic E-state index is 5.65. The second-order valence-corrected chi connectivity index (χ2v) is 6.32. The standard InChI is InChI=1S/C19H25NO2S/c1-12-10-11-15-8-6-7-9-16(15)17(12)13(2)18(23)20-14(3)19(21-4)22-5/h6-11,13-14,19H,1-5H3,(H,20,23). The normalized spacial score (nSPS) is 14.0. The Labute approximate surface area is 144 Å². The van der Waals surface area contributed by atoms with Crippen LogP contribution in [0.1, 0.15) is 30.9 Å². The van der Waals surface area contributed by atoms with Gasteiger partial charge in [0.05, 0.1) is 11.0 Å². The molecule has 0 spiro atoms. The van der Waals surface area contributed by atoms with E-state index in [0.717, 1.165) is 4.99 Å². The lowest BCUT2D eigenvalue weighted by Crippen LogP contribution is -2.43. The van der Waals surface area contributed by atoms with Gasteiger partial charge in [0.15, 0.2) is 6.29 Å². The Balaban J connectivity index is 2.28. The van der Waals surface area contributed by atoms with Crippen molar-refractivity contribution in [1.82, 2.24) is 5.32 Å². The van der Waals surface area contributed by atoms with E-state index >= 15 is 0 Å². The molecule has 0 aliphatic rings. The molecule has 2 aromatic rings. The summed E-state index contributed by atoms with van der Waals surface area (Å²) in [5, 5.41) is 5.85. The molecule has 0 bridgehead atoms. The summed E-state index contributed by atoms with van der Waals surface area (Å²) in [5.74, 6) is 0.118. The minimum Gasteiger partial charge on any atom is -0.372 e. The highest BCUT2D eigenvalue weighted by atomic mass is 32.1. The minimum atomic E-state index is -0.325. The first kappa shape index (κ1) is 17.9. The van der Waals surface area contributed by atoms with Crippen LogP contribution in [0.3, 0.4) is 0 Å². The van der Waals surface area contributed by atoms with Crippen molar-refractivity contribution >= 4 is 28.0 Å². The largest absolute Gasteiger partial charge is 0.372 e. The maximum Gasteiger partial charge on any atom is 0.176 e. The summed E-state index contributed by atoms with van der Waals surface area (Å²) in [4.78, 5) is 0.802. The molecular weight excluding hydrogens is 306 g/mol. The molecular formula is C19H25NO2S. The van der Waals surface area contributed by atoms with Crippen LogP contribution in [0.5, 0.6) is 0 Å². The number of aryl methyl sites for hydroxylation is 1. The smallest absolute Gasteiger partial charge is 0.176 e. The van der Waals surface area contributed by atoms with Crippen molar-refractivity contribution in [2.75, 3.05) is 14.2 Å². The number of hydrogen-bond acceptors (Lipinski definition) is 3. The number of ether oxygens (including phenoxy) is 2. The van der Waals surface area contributed by atoms with Crippen molar-refractivity contribution in [3.8, 4) is 0 Å². The Kier molecular flexibility index (Phi) is 6.10. The molecule has 2 atom stereocenters. The second kappa shape index (κ2) is 7.86. The van der Waals surface area contributed by atoms with Gasteiger partial charge >= 0.3 is 0 Å². The van der Waals surface area contributed by atoms with Crippen molar-refractivity contribution in [1.29, 1.82) is 0 Å². The van der Waals surface area contributed by atoms with Gasteiger partial charge < -0.3 is 14.8 Å². The zero-order chi connectivity index (χ0) is 17.0. The molecule has 0 radical (unpaired) electrons. The van der Waals surface area contributed by atoms with Crippen LogP contribution in [0.15, 0.2) is 36.4 Å². The number of nitrogens with one attached hydrogen (secondary N) is 1. The Bertz CT molecular complexity index is 682. The lowest BCUT2D eigenvalue weighted by molar-refractivity contribution is -0.116. The van der Waals surface area contributed by atoms with Crippen molar-refractivity contribution in [3.63, 3.8) is 0 Å². The summed E-state index contributed by atoms with van der Waals surface area (Å²) in [6.07, 6.45) is -0.325. The van der Waals surface area contributed by atoms with Gasteiger partial charge in [0.2, 0.25) is 0 Å². The molecule has 124 valence electrons. The molecule has 23 heavy (non-hydrogen) atoms. The van der Waals surface area contributed by atoms with E-state index in [1.807, 2.05) is 6.92 Å². The van der Waals surface area contributed by atoms with Gasteiger partial charge in [-0.2, -0.15) is 0 Å². The fourth-order valence-electron chi connectivity index (χ4n) is 3.03. The first-order chi connectivity index (χ1) is 11.0. The van der Waals surface area contributed by atoms with Crippen LogP contribution in [0.4, 0.5) is 0 Å². The molecule has 0 saturated heterocycles. The Morgan fingerprint density at radius 3 is 2.35 bits per heavy atom. The third kappa shape index (κ3) is 3.89. The van der Waals surface area contributed by atoms with E-state index in [2.05, 4.69) is 55.6 Å². The van der Waals surface area contributed by atoms with Crippen LogP contribution in [0.25, 0.3) is 10.8 Å². The fourth-order valence-corrected chi connectivity index (χ4v) is 3.34. The zero-order valence-electron chi connectivity index (χ0n) is 14.4. The molecule has 0 heterocycles. The molecule has 2 rings (SSSR count). The fraction of sp³-hybridized carbons (Fsp3) is 0.421. The average molecular weight is 331 g/mol. The molecule has 2 unspecified atom stereocenters. The van der Waals surface area contributed by atoms with E-state index in [0.29, 0.717) is 0 Å². The highest BCUT2D eigenvalue weighted by Gasteiger charge is 2.21. The highest BCUT2D eigenvalue weighted by Crippen LogP contribution is 2.29. The van der Waals surface area contributed by atoms with Gasteiger partial charge in [0.25, 0.3) is 0 Å². The summed E-state index contributed by atoms with van der Waals surface area (Å²) in [5.41, 5.74) is 2.53.